The number of nitrogens with one attached hydrogen (secondary N) is 1. The number of hydrogen-bond donors (Lipinski definition) is 1. The maximum Gasteiger partial charge on any atom is 0.247 e. The number of benzene rings is 2. The molecule has 1 saturated heterocycles. The third kappa shape index (κ3) is 5.67. The number of nitrogens with zero attached hydrogens (tertiary/aromatic N) is 1. The molecule has 0 saturated carbocycles. The maximum absolute atomic E-state index is 12.7. The zero-order valence-corrected chi connectivity index (χ0v) is 17.5. The normalized spacial score (nSPS) is 15.8. The Kier molecular flexibility index (Phi) is 7.41. The number of hydrogen-bond acceptors (Lipinski definition) is 5. The van der Waals surface area contributed by atoms with E-state index in [1.807, 2.05) is 24.3 Å². The van der Waals surface area contributed by atoms with Gasteiger partial charge in [0.1, 0.15) is 17.5 Å². The van der Waals surface area contributed by atoms with Crippen molar-refractivity contribution in [2.24, 2.45) is 0 Å². The summed E-state index contributed by atoms with van der Waals surface area (Å²) in [4.78, 5) is 28.2. The van der Waals surface area contributed by atoms with Gasteiger partial charge in [-0.25, -0.2) is 0 Å². The maximum atomic E-state index is 12.7. The van der Waals surface area contributed by atoms with Gasteiger partial charge in [0.05, 0.1) is 14.2 Å². The van der Waals surface area contributed by atoms with Gasteiger partial charge in [0, 0.05) is 29.3 Å². The van der Waals surface area contributed by atoms with Crippen molar-refractivity contribution in [3.63, 3.8) is 0 Å². The summed E-state index contributed by atoms with van der Waals surface area (Å²) in [7, 11) is 3.24. The summed E-state index contributed by atoms with van der Waals surface area (Å²) in [5.41, 5.74) is 0.699. The predicted octanol–water partition coefficient (Wildman–Crippen LogP) is 3.82. The fraction of sp³-hybridized carbons (Fsp3) is 0.364. The SMILES string of the molecule is COc1ccc(NC(=O)C2CCCN2C(=O)CCSc2ccc(OC)cc2)cc1. The number of carbonyl (C=O) groups excluding carboxylic acids is 2. The molecule has 1 heterocycles. The molecule has 6 nitrogen and oxygen atoms in total. The van der Waals surface area contributed by atoms with E-state index in [-0.39, 0.29) is 11.8 Å². The van der Waals surface area contributed by atoms with Gasteiger partial charge in [0.15, 0.2) is 0 Å². The van der Waals surface area contributed by atoms with Gasteiger partial charge in [-0.1, -0.05) is 0 Å². The van der Waals surface area contributed by atoms with Crippen LogP contribution in [0.5, 0.6) is 11.5 Å². The molecule has 7 heteroatoms. The Morgan fingerprint density at radius 3 is 2.28 bits per heavy atom. The van der Waals surface area contributed by atoms with E-state index in [0.29, 0.717) is 30.8 Å². The lowest BCUT2D eigenvalue weighted by molar-refractivity contribution is -0.136. The molecule has 0 radical (unpaired) electrons. The summed E-state index contributed by atoms with van der Waals surface area (Å²) in [5, 5.41) is 2.91. The second-order valence-corrected chi connectivity index (χ2v) is 7.91. The highest BCUT2D eigenvalue weighted by Gasteiger charge is 2.33. The van der Waals surface area contributed by atoms with E-state index in [2.05, 4.69) is 5.32 Å². The molecule has 0 aliphatic carbocycles. The van der Waals surface area contributed by atoms with Crippen molar-refractivity contribution in [1.82, 2.24) is 4.90 Å². The average Bonchev–Trinajstić information content (AvgIpc) is 3.25. The fourth-order valence-electron chi connectivity index (χ4n) is 3.31. The number of thioether (sulfide) groups is 1. The lowest BCUT2D eigenvalue weighted by Gasteiger charge is -2.24. The Balaban J connectivity index is 1.50. The van der Waals surface area contributed by atoms with Crippen LogP contribution >= 0.6 is 11.8 Å². The highest BCUT2D eigenvalue weighted by molar-refractivity contribution is 7.99. The highest BCUT2D eigenvalue weighted by atomic mass is 32.2. The molecule has 29 heavy (non-hydrogen) atoms. The number of ether oxygens (including phenoxy) is 2. The van der Waals surface area contributed by atoms with Crippen LogP contribution in [0.2, 0.25) is 0 Å². The van der Waals surface area contributed by atoms with E-state index in [0.717, 1.165) is 22.8 Å². The van der Waals surface area contributed by atoms with E-state index >= 15 is 0 Å². The zero-order valence-electron chi connectivity index (χ0n) is 16.7. The molecule has 1 aliphatic heterocycles. The number of anilines is 1. The van der Waals surface area contributed by atoms with Crippen LogP contribution < -0.4 is 14.8 Å². The molecule has 1 N–H and O–H groups in total. The fourth-order valence-corrected chi connectivity index (χ4v) is 4.15. The molecule has 0 bridgehead atoms. The topological polar surface area (TPSA) is 67.9 Å². The largest absolute Gasteiger partial charge is 0.497 e. The molecule has 1 atom stereocenters. The van der Waals surface area contributed by atoms with Crippen LogP contribution in [0, 0.1) is 0 Å². The van der Waals surface area contributed by atoms with E-state index in [4.69, 9.17) is 9.47 Å². The minimum absolute atomic E-state index is 0.0263. The first kappa shape index (κ1) is 21.0. The molecular weight excluding hydrogens is 388 g/mol. The lowest BCUT2D eigenvalue weighted by Crippen LogP contribution is -2.43. The first-order valence-corrected chi connectivity index (χ1v) is 10.6. The molecule has 0 aromatic heterocycles. The molecule has 1 aliphatic rings. The van der Waals surface area contributed by atoms with Crippen molar-refractivity contribution in [1.29, 1.82) is 0 Å². The molecule has 1 fully saturated rings. The van der Waals surface area contributed by atoms with Crippen molar-refractivity contribution in [3.05, 3.63) is 48.5 Å². The van der Waals surface area contributed by atoms with Crippen LogP contribution in [0.15, 0.2) is 53.4 Å². The molecule has 2 amide bonds. The summed E-state index contributed by atoms with van der Waals surface area (Å²) >= 11 is 1.63. The van der Waals surface area contributed by atoms with Crippen molar-refractivity contribution < 1.29 is 19.1 Å². The third-order valence-electron chi connectivity index (χ3n) is 4.88. The number of methoxy groups -OCH3 is 2. The molecule has 0 spiro atoms. The Morgan fingerprint density at radius 2 is 1.66 bits per heavy atom. The van der Waals surface area contributed by atoms with E-state index in [1.54, 1.807) is 55.1 Å². The minimum atomic E-state index is -0.407. The van der Waals surface area contributed by atoms with Crippen LogP contribution in [0.1, 0.15) is 19.3 Å². The van der Waals surface area contributed by atoms with E-state index < -0.39 is 6.04 Å². The van der Waals surface area contributed by atoms with Gasteiger partial charge in [-0.05, 0) is 61.4 Å². The standard InChI is InChI=1S/C22H26N2O4S/c1-27-17-7-5-16(6-8-17)23-22(26)20-4-3-14-24(20)21(25)13-15-29-19-11-9-18(28-2)10-12-19/h5-12,20H,3-4,13-15H2,1-2H3,(H,23,26). The lowest BCUT2D eigenvalue weighted by atomic mass is 10.2. The summed E-state index contributed by atoms with van der Waals surface area (Å²) in [5.74, 6) is 2.11. The van der Waals surface area contributed by atoms with E-state index in [9.17, 15) is 9.59 Å². The van der Waals surface area contributed by atoms with Crippen molar-refractivity contribution >= 4 is 29.3 Å². The van der Waals surface area contributed by atoms with Gasteiger partial charge in [-0.15, -0.1) is 11.8 Å². The number of likely N-dealkylation sites (tertiary alicyclic amines) is 1. The van der Waals surface area contributed by atoms with Crippen LogP contribution in [0.4, 0.5) is 5.69 Å². The van der Waals surface area contributed by atoms with Crippen LogP contribution in [0.25, 0.3) is 0 Å². The number of carbonyl (C=O) groups is 2. The van der Waals surface area contributed by atoms with Gasteiger partial charge in [0.2, 0.25) is 11.8 Å². The van der Waals surface area contributed by atoms with Gasteiger partial charge in [0.25, 0.3) is 0 Å². The zero-order chi connectivity index (χ0) is 20.6. The van der Waals surface area contributed by atoms with Crippen molar-refractivity contribution in [3.8, 4) is 11.5 Å². The summed E-state index contributed by atoms with van der Waals surface area (Å²) in [6.07, 6.45) is 1.94. The summed E-state index contributed by atoms with van der Waals surface area (Å²) < 4.78 is 10.3. The third-order valence-corrected chi connectivity index (χ3v) is 5.89. The highest BCUT2D eigenvalue weighted by Crippen LogP contribution is 2.24. The molecule has 154 valence electrons. The second kappa shape index (κ2) is 10.2. The molecule has 2 aromatic rings. The quantitative estimate of drug-likeness (QED) is 0.665. The van der Waals surface area contributed by atoms with Crippen molar-refractivity contribution in [2.45, 2.75) is 30.2 Å². The van der Waals surface area contributed by atoms with Gasteiger partial charge >= 0.3 is 0 Å². The van der Waals surface area contributed by atoms with Crippen LogP contribution in [0.3, 0.4) is 0 Å². The first-order chi connectivity index (χ1) is 14.1. The predicted molar refractivity (Wildman–Crippen MR) is 115 cm³/mol. The smallest absolute Gasteiger partial charge is 0.247 e. The summed E-state index contributed by atoms with van der Waals surface area (Å²) in [6.45, 7) is 0.632. The summed E-state index contributed by atoms with van der Waals surface area (Å²) in [6, 6.07) is 14.5. The number of rotatable bonds is 8. The Labute approximate surface area is 175 Å². The number of amides is 2. The van der Waals surface area contributed by atoms with Gasteiger partial charge in [-0.3, -0.25) is 9.59 Å². The first-order valence-electron chi connectivity index (χ1n) is 9.62. The Hall–Kier alpha value is -2.67. The van der Waals surface area contributed by atoms with Crippen LogP contribution in [-0.2, 0) is 9.59 Å². The monoisotopic (exact) mass is 414 g/mol. The van der Waals surface area contributed by atoms with Gasteiger partial charge in [-0.2, -0.15) is 0 Å². The molecule has 2 aromatic carbocycles. The molecule has 3 rings (SSSR count). The van der Waals surface area contributed by atoms with Crippen molar-refractivity contribution in [2.75, 3.05) is 31.8 Å². The van der Waals surface area contributed by atoms with E-state index in [1.165, 1.54) is 0 Å². The Morgan fingerprint density at radius 1 is 1.03 bits per heavy atom. The second-order valence-electron chi connectivity index (χ2n) is 6.74. The van der Waals surface area contributed by atoms with Gasteiger partial charge < -0.3 is 19.7 Å². The molecular formula is C22H26N2O4S. The minimum Gasteiger partial charge on any atom is -0.497 e. The van der Waals surface area contributed by atoms with Crippen LogP contribution in [-0.4, -0.2) is 49.3 Å². The average molecular weight is 415 g/mol. The Bertz CT molecular complexity index is 824. The molecule has 1 unspecified atom stereocenters.